The standard InChI is InChI=1S/C23H34N4O3/c1-17-9-10-18(22(13-17)30-16-19-7-5-11-28-19)14-25-23(24-2)26-15-20(27(3)4)21-8-6-12-29-21/h6,8-10,12-13,19-20H,5,7,11,14-16H2,1-4H3,(H2,24,25,26). The van der Waals surface area contributed by atoms with E-state index in [0.29, 0.717) is 19.7 Å². The maximum absolute atomic E-state index is 6.10. The Hall–Kier alpha value is -2.51. The van der Waals surface area contributed by atoms with E-state index in [1.54, 1.807) is 13.3 Å². The molecule has 1 fully saturated rings. The molecule has 164 valence electrons. The first-order valence-corrected chi connectivity index (χ1v) is 10.5. The van der Waals surface area contributed by atoms with E-state index >= 15 is 0 Å². The number of aliphatic imine (C=N–C) groups is 1. The minimum absolute atomic E-state index is 0.114. The van der Waals surface area contributed by atoms with Gasteiger partial charge in [0.2, 0.25) is 0 Å². The average molecular weight is 415 g/mol. The third kappa shape index (κ3) is 6.24. The van der Waals surface area contributed by atoms with Crippen LogP contribution in [0.3, 0.4) is 0 Å². The second-order valence-corrected chi connectivity index (χ2v) is 7.86. The third-order valence-corrected chi connectivity index (χ3v) is 5.30. The number of ether oxygens (including phenoxy) is 2. The van der Waals surface area contributed by atoms with E-state index < -0.39 is 0 Å². The predicted molar refractivity (Wildman–Crippen MR) is 119 cm³/mol. The third-order valence-electron chi connectivity index (χ3n) is 5.30. The Morgan fingerprint density at radius 3 is 2.83 bits per heavy atom. The van der Waals surface area contributed by atoms with Gasteiger partial charge < -0.3 is 24.5 Å². The summed E-state index contributed by atoms with van der Waals surface area (Å²) in [6.45, 7) is 4.80. The fourth-order valence-corrected chi connectivity index (χ4v) is 3.51. The van der Waals surface area contributed by atoms with Crippen LogP contribution in [-0.4, -0.2) is 57.9 Å². The molecule has 1 aromatic carbocycles. The quantitative estimate of drug-likeness (QED) is 0.485. The Kier molecular flexibility index (Phi) is 8.16. The SMILES string of the molecule is CN=C(NCc1ccc(C)cc1OCC1CCCO1)NCC(c1ccco1)N(C)C. The number of benzene rings is 1. The molecule has 1 saturated heterocycles. The normalized spacial score (nSPS) is 17.9. The number of likely N-dealkylation sites (N-methyl/N-ethyl adjacent to an activating group) is 1. The minimum atomic E-state index is 0.114. The maximum atomic E-state index is 6.10. The van der Waals surface area contributed by atoms with E-state index in [-0.39, 0.29) is 12.1 Å². The van der Waals surface area contributed by atoms with E-state index in [0.717, 1.165) is 42.5 Å². The number of furan rings is 1. The van der Waals surface area contributed by atoms with Crippen molar-refractivity contribution in [2.75, 3.05) is 40.9 Å². The van der Waals surface area contributed by atoms with Crippen LogP contribution in [0.2, 0.25) is 0 Å². The molecule has 7 nitrogen and oxygen atoms in total. The van der Waals surface area contributed by atoms with E-state index in [1.807, 2.05) is 26.2 Å². The van der Waals surface area contributed by atoms with Gasteiger partial charge in [-0.2, -0.15) is 0 Å². The molecule has 0 amide bonds. The van der Waals surface area contributed by atoms with Gasteiger partial charge in [-0.1, -0.05) is 12.1 Å². The number of nitrogens with zero attached hydrogens (tertiary/aromatic N) is 2. The van der Waals surface area contributed by atoms with Gasteiger partial charge in [0, 0.05) is 32.3 Å². The van der Waals surface area contributed by atoms with Crippen molar-refractivity contribution in [2.24, 2.45) is 4.99 Å². The van der Waals surface area contributed by atoms with Crippen LogP contribution < -0.4 is 15.4 Å². The molecular weight excluding hydrogens is 380 g/mol. The van der Waals surface area contributed by atoms with Crippen molar-refractivity contribution in [3.63, 3.8) is 0 Å². The lowest BCUT2D eigenvalue weighted by Gasteiger charge is -2.24. The number of rotatable bonds is 9. The lowest BCUT2D eigenvalue weighted by atomic mass is 10.1. The Labute approximate surface area is 179 Å². The fourth-order valence-electron chi connectivity index (χ4n) is 3.51. The summed E-state index contributed by atoms with van der Waals surface area (Å²) in [7, 11) is 5.85. The average Bonchev–Trinajstić information content (AvgIpc) is 3.44. The Morgan fingerprint density at radius 1 is 1.30 bits per heavy atom. The second kappa shape index (κ2) is 11.0. The minimum Gasteiger partial charge on any atom is -0.491 e. The summed E-state index contributed by atoms with van der Waals surface area (Å²) in [5.74, 6) is 2.56. The first kappa shape index (κ1) is 22.2. The molecule has 2 heterocycles. The van der Waals surface area contributed by atoms with Crippen molar-refractivity contribution in [3.05, 3.63) is 53.5 Å². The zero-order valence-corrected chi connectivity index (χ0v) is 18.5. The van der Waals surface area contributed by atoms with Crippen molar-refractivity contribution >= 4 is 5.96 Å². The van der Waals surface area contributed by atoms with Gasteiger partial charge >= 0.3 is 0 Å². The van der Waals surface area contributed by atoms with Gasteiger partial charge in [-0.3, -0.25) is 9.89 Å². The Balaban J connectivity index is 1.56. The summed E-state index contributed by atoms with van der Waals surface area (Å²) >= 11 is 0. The largest absolute Gasteiger partial charge is 0.491 e. The molecule has 2 aromatic rings. The monoisotopic (exact) mass is 414 g/mol. The number of hydrogen-bond donors (Lipinski definition) is 2. The first-order valence-electron chi connectivity index (χ1n) is 10.5. The highest BCUT2D eigenvalue weighted by Crippen LogP contribution is 2.22. The highest BCUT2D eigenvalue weighted by Gasteiger charge is 2.18. The Bertz CT molecular complexity index is 799. The summed E-state index contributed by atoms with van der Waals surface area (Å²) in [4.78, 5) is 6.48. The summed E-state index contributed by atoms with van der Waals surface area (Å²) in [5, 5.41) is 6.79. The van der Waals surface area contributed by atoms with Crippen molar-refractivity contribution < 1.29 is 13.9 Å². The maximum Gasteiger partial charge on any atom is 0.191 e. The van der Waals surface area contributed by atoms with E-state index in [1.165, 1.54) is 5.56 Å². The van der Waals surface area contributed by atoms with Crippen LogP contribution in [0, 0.1) is 6.92 Å². The molecule has 7 heteroatoms. The predicted octanol–water partition coefficient (Wildman–Crippen LogP) is 3.11. The van der Waals surface area contributed by atoms with Crippen molar-refractivity contribution in [2.45, 2.75) is 38.5 Å². The summed E-state index contributed by atoms with van der Waals surface area (Å²) < 4.78 is 17.4. The molecule has 0 radical (unpaired) electrons. The van der Waals surface area contributed by atoms with Crippen LogP contribution >= 0.6 is 0 Å². The number of guanidine groups is 1. The molecule has 1 aliphatic heterocycles. The van der Waals surface area contributed by atoms with Crippen molar-refractivity contribution in [3.8, 4) is 5.75 Å². The molecule has 1 aromatic heterocycles. The highest BCUT2D eigenvalue weighted by molar-refractivity contribution is 5.79. The number of nitrogens with one attached hydrogen (secondary N) is 2. The van der Waals surface area contributed by atoms with E-state index in [4.69, 9.17) is 13.9 Å². The van der Waals surface area contributed by atoms with Crippen LogP contribution in [0.1, 0.15) is 35.8 Å². The van der Waals surface area contributed by atoms with Gasteiger partial charge in [0.1, 0.15) is 18.1 Å². The van der Waals surface area contributed by atoms with E-state index in [2.05, 4.69) is 45.6 Å². The van der Waals surface area contributed by atoms with Crippen LogP contribution in [0.4, 0.5) is 0 Å². The Morgan fingerprint density at radius 2 is 2.17 bits per heavy atom. The molecular formula is C23H34N4O3. The van der Waals surface area contributed by atoms with E-state index in [9.17, 15) is 0 Å². The second-order valence-electron chi connectivity index (χ2n) is 7.86. The van der Waals surface area contributed by atoms with Crippen LogP contribution in [-0.2, 0) is 11.3 Å². The molecule has 2 atom stereocenters. The highest BCUT2D eigenvalue weighted by atomic mass is 16.5. The van der Waals surface area contributed by atoms with Gasteiger partial charge in [0.25, 0.3) is 0 Å². The number of hydrogen-bond acceptors (Lipinski definition) is 5. The fraction of sp³-hybridized carbons (Fsp3) is 0.522. The molecule has 30 heavy (non-hydrogen) atoms. The van der Waals surface area contributed by atoms with Gasteiger partial charge in [-0.15, -0.1) is 0 Å². The number of aryl methyl sites for hydroxylation is 1. The molecule has 0 spiro atoms. The lowest BCUT2D eigenvalue weighted by Crippen LogP contribution is -2.41. The molecule has 0 saturated carbocycles. The zero-order chi connectivity index (χ0) is 21.3. The molecule has 0 bridgehead atoms. The van der Waals surface area contributed by atoms with Gasteiger partial charge in [-0.05, 0) is 57.6 Å². The van der Waals surface area contributed by atoms with Gasteiger partial charge in [0.15, 0.2) is 5.96 Å². The lowest BCUT2D eigenvalue weighted by molar-refractivity contribution is 0.0676. The van der Waals surface area contributed by atoms with Crippen LogP contribution in [0.25, 0.3) is 0 Å². The molecule has 3 rings (SSSR count). The summed E-state index contributed by atoms with van der Waals surface area (Å²) in [6.07, 6.45) is 4.09. The van der Waals surface area contributed by atoms with Gasteiger partial charge in [0.05, 0.1) is 18.4 Å². The molecule has 0 aliphatic carbocycles. The molecule has 2 N–H and O–H groups in total. The van der Waals surface area contributed by atoms with Crippen molar-refractivity contribution in [1.82, 2.24) is 15.5 Å². The van der Waals surface area contributed by atoms with Gasteiger partial charge in [-0.25, -0.2) is 0 Å². The van der Waals surface area contributed by atoms with Crippen LogP contribution in [0.5, 0.6) is 5.75 Å². The summed E-state index contributed by atoms with van der Waals surface area (Å²) in [5.41, 5.74) is 2.27. The molecule has 2 unspecified atom stereocenters. The van der Waals surface area contributed by atoms with Crippen LogP contribution in [0.15, 0.2) is 46.0 Å². The first-order chi connectivity index (χ1) is 14.6. The zero-order valence-electron chi connectivity index (χ0n) is 18.5. The molecule has 1 aliphatic rings. The van der Waals surface area contributed by atoms with Crippen molar-refractivity contribution in [1.29, 1.82) is 0 Å². The smallest absolute Gasteiger partial charge is 0.191 e. The summed E-state index contributed by atoms with van der Waals surface area (Å²) in [6, 6.07) is 10.3. The topological polar surface area (TPSA) is 71.3 Å².